The monoisotopic (exact) mass is 581 g/mol. The van der Waals surface area contributed by atoms with E-state index < -0.39 is 63.6 Å². The van der Waals surface area contributed by atoms with Crippen LogP contribution >= 0.6 is 0 Å². The number of ether oxygens (including phenoxy) is 1. The largest absolute Gasteiger partial charge is 1.00 e. The van der Waals surface area contributed by atoms with E-state index in [2.05, 4.69) is 16.0 Å². The first-order valence-electron chi connectivity index (χ1n) is 12.3. The number of aliphatic hydroxyl groups is 1. The number of alkyl carbamates (subject to hydrolysis) is 1. The summed E-state index contributed by atoms with van der Waals surface area (Å²) < 4.78 is 77.9. The first kappa shape index (κ1) is 34.9. The van der Waals surface area contributed by atoms with Crippen molar-refractivity contribution in [3.05, 3.63) is 0 Å². The number of alkyl halides is 3. The molecule has 16 heteroatoms. The standard InChI is InChI=1S/C22H36F3N3O8S.Na/c1-12(2)9-16(28-21(32)36-11-13-3-5-15(6-4-13)22(23,24)25)19(30)27-17(20(31)37(33,34)35)10-14-7-8-26-18(14)29;/h12-17,20,31H,3-11H2,1-2H3,(H,26,29)(H,27,30)(H,28,32)(H,33,34,35);/q;+1/p-1/t13?,14?,15?,16-,17-,20?;/m0./s1. The summed E-state index contributed by atoms with van der Waals surface area (Å²) in [6.07, 6.45) is -4.75. The normalized spacial score (nSPS) is 24.5. The molecule has 38 heavy (non-hydrogen) atoms. The van der Waals surface area contributed by atoms with Crippen LogP contribution in [0, 0.1) is 23.7 Å². The summed E-state index contributed by atoms with van der Waals surface area (Å²) >= 11 is 0. The molecule has 0 spiro atoms. The van der Waals surface area contributed by atoms with Crippen LogP contribution in [0.2, 0.25) is 0 Å². The Hall–Kier alpha value is -1.13. The van der Waals surface area contributed by atoms with Crippen molar-refractivity contribution in [1.82, 2.24) is 16.0 Å². The summed E-state index contributed by atoms with van der Waals surface area (Å²) in [5.41, 5.74) is -2.51. The maximum atomic E-state index is 13.0. The van der Waals surface area contributed by atoms with E-state index in [0.717, 1.165) is 0 Å². The first-order chi connectivity index (χ1) is 17.1. The third kappa shape index (κ3) is 11.2. The minimum atomic E-state index is -5.24. The SMILES string of the molecule is CC(C)C[C@H](NC(=O)OCC1CCC(C(F)(F)F)CC1)C(=O)N[C@@H](CC1CCNC1=O)C(O)S(=O)(=O)[O-].[Na+]. The van der Waals surface area contributed by atoms with Gasteiger partial charge in [0.1, 0.15) is 16.2 Å². The molecule has 4 atom stereocenters. The molecule has 0 bridgehead atoms. The number of aliphatic hydroxyl groups excluding tert-OH is 1. The van der Waals surface area contributed by atoms with Gasteiger partial charge in [0.05, 0.1) is 18.6 Å². The van der Waals surface area contributed by atoms with Gasteiger partial charge in [0.15, 0.2) is 5.44 Å². The number of carbonyl (C=O) groups is 3. The van der Waals surface area contributed by atoms with Gasteiger partial charge in [-0.15, -0.1) is 0 Å². The van der Waals surface area contributed by atoms with Crippen molar-refractivity contribution in [3.8, 4) is 0 Å². The molecule has 0 radical (unpaired) electrons. The summed E-state index contributed by atoms with van der Waals surface area (Å²) in [6, 6.07) is -2.82. The smallest absolute Gasteiger partial charge is 0.746 e. The van der Waals surface area contributed by atoms with Crippen molar-refractivity contribution in [1.29, 1.82) is 0 Å². The van der Waals surface area contributed by atoms with Gasteiger partial charge < -0.3 is 30.3 Å². The quantitative estimate of drug-likeness (QED) is 0.166. The molecule has 1 saturated carbocycles. The van der Waals surface area contributed by atoms with Gasteiger partial charge in [-0.1, -0.05) is 13.8 Å². The Morgan fingerprint density at radius 2 is 1.76 bits per heavy atom. The second kappa shape index (κ2) is 15.0. The van der Waals surface area contributed by atoms with E-state index in [4.69, 9.17) is 4.74 Å². The van der Waals surface area contributed by atoms with Gasteiger partial charge in [0.25, 0.3) is 0 Å². The fourth-order valence-corrected chi connectivity index (χ4v) is 5.23. The molecule has 1 heterocycles. The van der Waals surface area contributed by atoms with Crippen LogP contribution in [0.25, 0.3) is 0 Å². The molecule has 1 aliphatic carbocycles. The van der Waals surface area contributed by atoms with Crippen LogP contribution in [0.5, 0.6) is 0 Å². The fourth-order valence-electron chi connectivity index (χ4n) is 4.64. The minimum absolute atomic E-state index is 0. The van der Waals surface area contributed by atoms with E-state index in [0.29, 0.717) is 13.0 Å². The number of nitrogens with one attached hydrogen (secondary N) is 3. The minimum Gasteiger partial charge on any atom is -0.746 e. The van der Waals surface area contributed by atoms with Gasteiger partial charge in [0.2, 0.25) is 11.8 Å². The van der Waals surface area contributed by atoms with Crippen LogP contribution in [-0.2, 0) is 24.4 Å². The molecule has 0 aromatic heterocycles. The molecule has 1 saturated heterocycles. The fraction of sp³-hybridized carbons (Fsp3) is 0.864. The second-order valence-electron chi connectivity index (χ2n) is 10.2. The number of hydrogen-bond donors (Lipinski definition) is 4. The molecule has 11 nitrogen and oxygen atoms in total. The molecule has 2 rings (SSSR count). The average Bonchev–Trinajstić information content (AvgIpc) is 3.19. The van der Waals surface area contributed by atoms with Gasteiger partial charge in [0, 0.05) is 12.5 Å². The molecule has 214 valence electrons. The molecule has 4 N–H and O–H groups in total. The van der Waals surface area contributed by atoms with E-state index in [9.17, 15) is 45.6 Å². The predicted octanol–water partition coefficient (Wildman–Crippen LogP) is -1.63. The second-order valence-corrected chi connectivity index (χ2v) is 11.7. The molecular formula is C22H35F3N3NaO8S. The Morgan fingerprint density at radius 1 is 1.16 bits per heavy atom. The zero-order valence-corrected chi connectivity index (χ0v) is 24.6. The van der Waals surface area contributed by atoms with Crippen molar-refractivity contribution in [2.24, 2.45) is 23.7 Å². The molecule has 2 fully saturated rings. The number of carbonyl (C=O) groups excluding carboxylic acids is 3. The van der Waals surface area contributed by atoms with Gasteiger partial charge in [-0.25, -0.2) is 13.2 Å². The van der Waals surface area contributed by atoms with Crippen molar-refractivity contribution in [3.63, 3.8) is 0 Å². The Bertz CT molecular complexity index is 914. The predicted molar refractivity (Wildman–Crippen MR) is 123 cm³/mol. The Kier molecular flexibility index (Phi) is 13.8. The third-order valence-corrected chi connectivity index (χ3v) is 7.66. The van der Waals surface area contributed by atoms with Crippen molar-refractivity contribution in [2.45, 2.75) is 82.5 Å². The maximum Gasteiger partial charge on any atom is 1.00 e. The molecular weight excluding hydrogens is 546 g/mol. The number of rotatable bonds is 11. The summed E-state index contributed by atoms with van der Waals surface area (Å²) in [5.74, 6) is -3.76. The van der Waals surface area contributed by atoms with Crippen molar-refractivity contribution >= 4 is 28.0 Å². The molecule has 0 aromatic carbocycles. The summed E-state index contributed by atoms with van der Waals surface area (Å²) in [6.45, 7) is 3.71. The molecule has 2 unspecified atom stereocenters. The van der Waals surface area contributed by atoms with Crippen LogP contribution < -0.4 is 45.5 Å². The zero-order chi connectivity index (χ0) is 28.0. The molecule has 3 amide bonds. The number of hydrogen-bond acceptors (Lipinski definition) is 8. The number of halogens is 3. The first-order valence-corrected chi connectivity index (χ1v) is 13.8. The van der Waals surface area contributed by atoms with E-state index in [1.165, 1.54) is 0 Å². The Balaban J connectivity index is 0.00000722. The van der Waals surface area contributed by atoms with E-state index in [-0.39, 0.29) is 86.5 Å². The summed E-state index contributed by atoms with van der Waals surface area (Å²) in [5, 5.41) is 17.2. The van der Waals surface area contributed by atoms with E-state index >= 15 is 0 Å². The van der Waals surface area contributed by atoms with E-state index in [1.54, 1.807) is 13.8 Å². The van der Waals surface area contributed by atoms with Crippen molar-refractivity contribution in [2.75, 3.05) is 13.2 Å². The molecule has 0 aromatic rings. The Labute approximate surface area is 242 Å². The van der Waals surface area contributed by atoms with Crippen molar-refractivity contribution < 1.29 is 79.9 Å². The van der Waals surface area contributed by atoms with E-state index in [1.807, 2.05) is 0 Å². The summed E-state index contributed by atoms with van der Waals surface area (Å²) in [4.78, 5) is 37.2. The van der Waals surface area contributed by atoms with Crippen LogP contribution in [0.15, 0.2) is 0 Å². The van der Waals surface area contributed by atoms with Gasteiger partial charge in [-0.2, -0.15) is 13.2 Å². The maximum absolute atomic E-state index is 13.0. The topological polar surface area (TPSA) is 174 Å². The molecule has 2 aliphatic rings. The van der Waals surface area contributed by atoms with Gasteiger partial charge in [-0.05, 0) is 56.8 Å². The van der Waals surface area contributed by atoms with Gasteiger partial charge >= 0.3 is 41.8 Å². The average molecular weight is 582 g/mol. The van der Waals surface area contributed by atoms with Crippen LogP contribution in [-0.4, -0.2) is 72.8 Å². The van der Waals surface area contributed by atoms with Gasteiger partial charge in [-0.3, -0.25) is 9.59 Å². The zero-order valence-electron chi connectivity index (χ0n) is 21.8. The number of amides is 3. The third-order valence-electron chi connectivity index (χ3n) is 6.74. The molecule has 1 aliphatic heterocycles. The van der Waals surface area contributed by atoms with Crippen LogP contribution in [0.1, 0.15) is 58.8 Å². The summed E-state index contributed by atoms with van der Waals surface area (Å²) in [7, 11) is -5.24. The van der Waals surface area contributed by atoms with Crippen LogP contribution in [0.3, 0.4) is 0 Å². The van der Waals surface area contributed by atoms with Crippen LogP contribution in [0.4, 0.5) is 18.0 Å². The Morgan fingerprint density at radius 3 is 2.24 bits per heavy atom.